The number of anilines is 5. The number of aromatic nitrogens is 10. The van der Waals surface area contributed by atoms with Crippen LogP contribution in [0.15, 0.2) is 73.8 Å². The van der Waals surface area contributed by atoms with Gasteiger partial charge in [0.05, 0.1) is 104 Å². The van der Waals surface area contributed by atoms with Gasteiger partial charge in [-0.3, -0.25) is 19.0 Å². The van der Waals surface area contributed by atoms with E-state index in [1.807, 2.05) is 76.1 Å². The van der Waals surface area contributed by atoms with E-state index in [4.69, 9.17) is 9.47 Å². The van der Waals surface area contributed by atoms with E-state index in [-0.39, 0.29) is 66.9 Å². The Kier molecular flexibility index (Phi) is 19.5. The van der Waals surface area contributed by atoms with Crippen LogP contribution in [0.25, 0.3) is 21.8 Å². The second-order valence-corrected chi connectivity index (χ2v) is 18.8. The summed E-state index contributed by atoms with van der Waals surface area (Å²) in [5.41, 5.74) is 2.76. The number of halogens is 3. The van der Waals surface area contributed by atoms with Crippen LogP contribution in [-0.4, -0.2) is 151 Å². The quantitative estimate of drug-likeness (QED) is 0.124. The number of amides is 2. The van der Waals surface area contributed by atoms with Crippen molar-refractivity contribution in [1.82, 2.24) is 54.8 Å². The fraction of sp³-hybridized carbons (Fsp3) is 0.442. The molecule has 3 saturated heterocycles. The molecule has 10 rings (SSSR count). The van der Waals surface area contributed by atoms with Crippen LogP contribution in [0.3, 0.4) is 0 Å². The first kappa shape index (κ1) is 58.1. The maximum absolute atomic E-state index is 14.0. The number of rotatable bonds is 15. The van der Waals surface area contributed by atoms with Gasteiger partial charge in [-0.15, -0.1) is 0 Å². The van der Waals surface area contributed by atoms with E-state index >= 15 is 0 Å². The number of carboxylic acid groups (broad SMARTS) is 1. The average Bonchev–Trinajstić information content (AvgIpc) is 4.27. The zero-order chi connectivity index (χ0) is 54.9. The van der Waals surface area contributed by atoms with Crippen molar-refractivity contribution in [2.75, 3.05) is 84.9 Å². The Morgan fingerprint density at radius 1 is 0.577 bits per heavy atom. The summed E-state index contributed by atoms with van der Waals surface area (Å²) in [6.45, 7) is 11.1. The Morgan fingerprint density at radius 3 is 1.31 bits per heavy atom. The molecule has 2 amide bonds. The second kappa shape index (κ2) is 26.1. The molecule has 0 unspecified atom stereocenters. The Balaban J connectivity index is 0.000000175. The van der Waals surface area contributed by atoms with Crippen LogP contribution < -0.4 is 64.1 Å². The van der Waals surface area contributed by atoms with E-state index in [1.54, 1.807) is 33.4 Å². The molecule has 0 aliphatic carbocycles. The fourth-order valence-corrected chi connectivity index (χ4v) is 9.29. The summed E-state index contributed by atoms with van der Waals surface area (Å²) in [5.74, 6) is 0.561. The van der Waals surface area contributed by atoms with E-state index in [9.17, 15) is 32.7 Å². The number of fused-ring (bicyclic) bond motifs is 2. The molecule has 3 fully saturated rings. The Labute approximate surface area is 460 Å². The number of nitrogens with zero attached hydrogens (tertiary/aromatic N) is 13. The number of likely N-dealkylation sites (N-methyl/N-ethyl adjacent to an activating group) is 1. The molecule has 0 saturated carbocycles. The molecule has 408 valence electrons. The number of aromatic carboxylic acids is 1. The van der Waals surface area contributed by atoms with Gasteiger partial charge in [0.1, 0.15) is 64.5 Å². The fourth-order valence-electron chi connectivity index (χ4n) is 9.29. The number of hydrogen-bond acceptors (Lipinski definition) is 18. The van der Waals surface area contributed by atoms with Gasteiger partial charge in [0.2, 0.25) is 0 Å². The number of carbonyl (C=O) groups excluding carboxylic acids is 3. The third kappa shape index (κ3) is 13.7. The van der Waals surface area contributed by atoms with Crippen molar-refractivity contribution in [1.29, 1.82) is 0 Å². The molecule has 26 heteroatoms. The molecule has 0 radical (unpaired) electrons. The molecule has 22 nitrogen and oxygen atoms in total. The van der Waals surface area contributed by atoms with E-state index in [2.05, 4.69) is 56.1 Å². The number of carboxylic acids is 1. The number of carbonyl (C=O) groups is 3. The van der Waals surface area contributed by atoms with Crippen LogP contribution in [0.1, 0.15) is 72.0 Å². The Morgan fingerprint density at radius 2 is 0.974 bits per heavy atom. The van der Waals surface area contributed by atoms with Gasteiger partial charge in [-0.1, -0.05) is 13.8 Å². The molecular weight excluding hydrogens is 1010 g/mol. The van der Waals surface area contributed by atoms with Crippen LogP contribution in [0.4, 0.5) is 42.0 Å². The van der Waals surface area contributed by atoms with Gasteiger partial charge in [-0.2, -0.15) is 10.2 Å². The summed E-state index contributed by atoms with van der Waals surface area (Å²) in [6, 6.07) is 6.99. The predicted octanol–water partition coefficient (Wildman–Crippen LogP) is 1.99. The van der Waals surface area contributed by atoms with Crippen molar-refractivity contribution in [3.63, 3.8) is 0 Å². The maximum Gasteiger partial charge on any atom is 1.00 e. The molecule has 6 atom stereocenters. The predicted molar refractivity (Wildman–Crippen MR) is 282 cm³/mol. The van der Waals surface area contributed by atoms with Crippen molar-refractivity contribution in [2.24, 2.45) is 25.9 Å². The maximum atomic E-state index is 14.0. The van der Waals surface area contributed by atoms with Crippen molar-refractivity contribution in [3.8, 4) is 11.5 Å². The van der Waals surface area contributed by atoms with Crippen molar-refractivity contribution in [2.45, 2.75) is 65.1 Å². The molecule has 3 aliphatic heterocycles. The number of benzene rings is 2. The monoisotopic (exact) mass is 1070 g/mol. The molecule has 5 aromatic heterocycles. The summed E-state index contributed by atoms with van der Waals surface area (Å²) >= 11 is 0. The molecule has 78 heavy (non-hydrogen) atoms. The Hall–Kier alpha value is -7.62. The van der Waals surface area contributed by atoms with Gasteiger partial charge in [0, 0.05) is 80.9 Å². The zero-order valence-electron chi connectivity index (χ0n) is 44.9. The Bertz CT molecular complexity index is 2990. The average molecular weight is 1070 g/mol. The smallest absolute Gasteiger partial charge is 0.543 e. The molecule has 3 aliphatic rings. The van der Waals surface area contributed by atoms with Crippen molar-refractivity contribution in [3.05, 3.63) is 90.9 Å². The molecule has 3 N–H and O–H groups in total. The minimum atomic E-state index is -1.36. The van der Waals surface area contributed by atoms with Gasteiger partial charge < -0.3 is 50.0 Å². The zero-order valence-corrected chi connectivity index (χ0v) is 44.9. The van der Waals surface area contributed by atoms with E-state index in [0.717, 1.165) is 40.8 Å². The summed E-state index contributed by atoms with van der Waals surface area (Å²) in [4.78, 5) is 66.2. The largest absolute Gasteiger partial charge is 1.00 e. The minimum absolute atomic E-state index is 0. The van der Waals surface area contributed by atoms with Crippen LogP contribution in [0, 0.1) is 11.8 Å². The van der Waals surface area contributed by atoms with Gasteiger partial charge in [-0.25, -0.2) is 43.1 Å². The summed E-state index contributed by atoms with van der Waals surface area (Å²) in [5, 5.41) is 29.6. The molecule has 8 heterocycles. The van der Waals surface area contributed by atoms with E-state index in [1.165, 1.54) is 31.0 Å². The van der Waals surface area contributed by atoms with Crippen LogP contribution in [0.5, 0.6) is 11.5 Å². The summed E-state index contributed by atoms with van der Waals surface area (Å²) in [7, 11) is 5.41. The van der Waals surface area contributed by atoms with Crippen LogP contribution in [-0.2, 0) is 14.1 Å². The summed E-state index contributed by atoms with van der Waals surface area (Å²) < 4.78 is 56.2. The first-order valence-corrected chi connectivity index (χ1v) is 25.4. The van der Waals surface area contributed by atoms with Crippen molar-refractivity contribution >= 4 is 68.4 Å². The third-order valence-corrected chi connectivity index (χ3v) is 13.5. The number of alkyl halides is 3. The number of nitrogens with one attached hydrogen (secondary N) is 3. The van der Waals surface area contributed by atoms with Gasteiger partial charge >= 0.3 is 18.9 Å². The van der Waals surface area contributed by atoms with Gasteiger partial charge in [0.15, 0.2) is 0 Å². The second-order valence-electron chi connectivity index (χ2n) is 18.8. The normalized spacial score (nSPS) is 19.6. The van der Waals surface area contributed by atoms with E-state index < -0.39 is 36.3 Å². The van der Waals surface area contributed by atoms with Gasteiger partial charge in [0.25, 0.3) is 11.8 Å². The topological polar surface area (TPSA) is 252 Å². The first-order chi connectivity index (χ1) is 37.1. The third-order valence-electron chi connectivity index (χ3n) is 13.5. The molecule has 2 aromatic carbocycles. The number of aryl methyl sites for hydroxylation is 2. The molecular formula is C52H62F3LiN16O6. The van der Waals surface area contributed by atoms with Crippen molar-refractivity contribution < 1.29 is 61.0 Å². The molecule has 0 spiro atoms. The first-order valence-electron chi connectivity index (χ1n) is 25.4. The van der Waals surface area contributed by atoms with Gasteiger partial charge in [-0.05, 0) is 45.9 Å². The van der Waals surface area contributed by atoms with Crippen LogP contribution in [0.2, 0.25) is 0 Å². The number of ether oxygens (including phenoxy) is 2. The molecule has 7 aromatic rings. The minimum Gasteiger partial charge on any atom is -0.543 e. The standard InChI is InChI=1S/C21H25FN6O2.C20H24FN7O2.C11H14FN3O2.Li/c1-4-13-11-28(12-15(13)22)20-9-23-18(8-24-20)21(29)25-17-6-14-10-27(3)26-16(14)7-19(17)30-5-2;1-4-30-18-6-14-12(9-27(3)26-14)5-15(18)25-20(29)16-7-24-19(8-23-16)28-10-13(21)17(11-28)22-2;1-2-7-5-15(6-8(7)12)10-4-13-9(3-14-10)11(16)17;/h6-10,13,15H,4-5,11-12H2,1-3H3,(H,25,29);5-9,13,17,22H,4,10-11H2,1-3H3,(H,25,29);3-4,7-8H,2,5-6H2,1H3,(H,16,17);/q;;;+1/p-1/t13-,15+;13-,17+;7-,8+;/m101./s1. The summed E-state index contributed by atoms with van der Waals surface area (Å²) in [6.07, 6.45) is 10.9. The number of hydrogen-bond donors (Lipinski definition) is 3. The molecule has 0 bridgehead atoms. The van der Waals surface area contributed by atoms with E-state index in [0.29, 0.717) is 79.7 Å². The van der Waals surface area contributed by atoms with Crippen LogP contribution >= 0.6 is 0 Å². The SMILES string of the molecule is CCOc1cc2nn(C)cc2cc1NC(=O)c1cnc(N2C[C@@H](CC)[C@@H](F)C2)cn1.CCOc1cc2nn(C)cc2cc1NC(=O)c1cnc(N2C[C@H](F)[C@H](NC)C2)cn1.CC[C@@H]1CN(c2cnc(C(=O)[O-])cn2)C[C@@H]1F.[Li+].